The number of hydrogen-bond donors (Lipinski definition) is 2. The van der Waals surface area contributed by atoms with Crippen molar-refractivity contribution in [1.29, 1.82) is 0 Å². The van der Waals surface area contributed by atoms with Gasteiger partial charge < -0.3 is 10.4 Å². The lowest BCUT2D eigenvalue weighted by Gasteiger charge is -2.10. The number of benzene rings is 1. The maximum atomic E-state index is 13.0. The Labute approximate surface area is 91.1 Å². The van der Waals surface area contributed by atoms with Crippen LogP contribution in [0.25, 0.3) is 0 Å². The molecule has 0 bridgehead atoms. The third-order valence-corrected chi connectivity index (χ3v) is 2.69. The molecular formula is C11H10FNO3. The number of carbonyl (C=O) groups is 2. The van der Waals surface area contributed by atoms with Crippen LogP contribution in [0.2, 0.25) is 0 Å². The first-order valence-corrected chi connectivity index (χ1v) is 4.81. The normalized spacial score (nSPS) is 27.2. The Balaban J connectivity index is 2.13. The van der Waals surface area contributed by atoms with Gasteiger partial charge >= 0.3 is 5.97 Å². The fraction of sp³-hybridized carbons (Fsp3) is 0.273. The van der Waals surface area contributed by atoms with Gasteiger partial charge in [0.05, 0.1) is 0 Å². The molecule has 1 aliphatic carbocycles. The van der Waals surface area contributed by atoms with E-state index in [1.807, 2.05) is 0 Å². The van der Waals surface area contributed by atoms with Crippen molar-refractivity contribution in [2.45, 2.75) is 12.6 Å². The average Bonchev–Trinajstić information content (AvgIpc) is 2.93. The number of hydrogen-bond acceptors (Lipinski definition) is 2. The molecule has 4 nitrogen and oxygen atoms in total. The highest BCUT2D eigenvalue weighted by atomic mass is 19.1. The van der Waals surface area contributed by atoms with E-state index < -0.39 is 23.5 Å². The van der Waals surface area contributed by atoms with Crippen molar-refractivity contribution in [2.24, 2.45) is 5.41 Å². The Bertz CT molecular complexity index is 434. The number of carboxylic acid groups (broad SMARTS) is 1. The van der Waals surface area contributed by atoms with Crippen molar-refractivity contribution in [1.82, 2.24) is 0 Å². The molecule has 2 unspecified atom stereocenters. The van der Waals surface area contributed by atoms with Gasteiger partial charge in [0.25, 0.3) is 0 Å². The van der Waals surface area contributed by atoms with Crippen LogP contribution in [-0.4, -0.2) is 23.2 Å². The fourth-order valence-electron chi connectivity index (χ4n) is 1.54. The van der Waals surface area contributed by atoms with Crippen LogP contribution in [0, 0.1) is 5.41 Å². The molecule has 84 valence electrons. The lowest BCUT2D eigenvalue weighted by Crippen LogP contribution is -2.33. The predicted octanol–water partition coefficient (Wildman–Crippen LogP) is 1.44. The van der Waals surface area contributed by atoms with E-state index in [0.717, 1.165) is 0 Å². The van der Waals surface area contributed by atoms with Crippen LogP contribution in [0.5, 0.6) is 0 Å². The molecule has 1 aliphatic rings. The number of alkyl halides is 1. The standard InChI is InChI=1S/C11H10FNO3/c12-8-6-11(8,10(15)16)9(14)13-7-4-2-1-3-5-7/h1-5,8H,6H2,(H,13,14)(H,15,16). The number of rotatable bonds is 3. The van der Waals surface area contributed by atoms with Gasteiger partial charge in [0.2, 0.25) is 5.91 Å². The lowest BCUT2D eigenvalue weighted by atomic mass is 10.1. The Kier molecular flexibility index (Phi) is 2.38. The highest BCUT2D eigenvalue weighted by Crippen LogP contribution is 2.49. The van der Waals surface area contributed by atoms with Gasteiger partial charge in [0.1, 0.15) is 6.17 Å². The van der Waals surface area contributed by atoms with Crippen molar-refractivity contribution < 1.29 is 19.1 Å². The molecule has 2 atom stereocenters. The zero-order valence-electron chi connectivity index (χ0n) is 8.31. The Morgan fingerprint density at radius 3 is 2.38 bits per heavy atom. The minimum atomic E-state index is -1.88. The second-order valence-electron chi connectivity index (χ2n) is 3.77. The van der Waals surface area contributed by atoms with E-state index >= 15 is 0 Å². The molecule has 0 saturated heterocycles. The molecule has 2 N–H and O–H groups in total. The third-order valence-electron chi connectivity index (χ3n) is 2.69. The first-order valence-electron chi connectivity index (χ1n) is 4.81. The number of nitrogens with one attached hydrogen (secondary N) is 1. The zero-order valence-corrected chi connectivity index (χ0v) is 8.31. The minimum Gasteiger partial charge on any atom is -0.480 e. The molecule has 1 aromatic rings. The summed E-state index contributed by atoms with van der Waals surface area (Å²) in [4.78, 5) is 22.4. The smallest absolute Gasteiger partial charge is 0.322 e. The van der Waals surface area contributed by atoms with Crippen LogP contribution in [0.1, 0.15) is 6.42 Å². The molecule has 1 fully saturated rings. The van der Waals surface area contributed by atoms with E-state index in [1.54, 1.807) is 30.3 Å². The number of aliphatic carboxylic acids is 1. The Hall–Kier alpha value is -1.91. The summed E-state index contributed by atoms with van der Waals surface area (Å²) < 4.78 is 13.0. The number of carbonyl (C=O) groups excluding carboxylic acids is 1. The van der Waals surface area contributed by atoms with Crippen molar-refractivity contribution in [3.63, 3.8) is 0 Å². The first kappa shape index (κ1) is 10.6. The summed E-state index contributed by atoms with van der Waals surface area (Å²) >= 11 is 0. The highest BCUT2D eigenvalue weighted by molar-refractivity contribution is 6.11. The van der Waals surface area contributed by atoms with Crippen molar-refractivity contribution >= 4 is 17.6 Å². The van der Waals surface area contributed by atoms with E-state index in [9.17, 15) is 14.0 Å². The Morgan fingerprint density at radius 2 is 1.94 bits per heavy atom. The zero-order chi connectivity index (χ0) is 11.8. The molecule has 1 aromatic carbocycles. The van der Waals surface area contributed by atoms with Gasteiger partial charge in [-0.25, -0.2) is 4.39 Å². The molecule has 16 heavy (non-hydrogen) atoms. The van der Waals surface area contributed by atoms with Gasteiger partial charge in [-0.3, -0.25) is 9.59 Å². The van der Waals surface area contributed by atoms with Gasteiger partial charge in [0, 0.05) is 12.1 Å². The molecule has 1 saturated carbocycles. The Morgan fingerprint density at radius 1 is 1.38 bits per heavy atom. The maximum absolute atomic E-state index is 13.0. The monoisotopic (exact) mass is 223 g/mol. The molecule has 0 spiro atoms. The lowest BCUT2D eigenvalue weighted by molar-refractivity contribution is -0.148. The second-order valence-corrected chi connectivity index (χ2v) is 3.77. The number of carboxylic acids is 1. The number of halogens is 1. The first-order chi connectivity index (χ1) is 7.57. The van der Waals surface area contributed by atoms with Crippen LogP contribution in [0.15, 0.2) is 30.3 Å². The second kappa shape index (κ2) is 3.59. The van der Waals surface area contributed by atoms with Crippen molar-refractivity contribution in [3.05, 3.63) is 30.3 Å². The van der Waals surface area contributed by atoms with Gasteiger partial charge in [-0.05, 0) is 12.1 Å². The summed E-state index contributed by atoms with van der Waals surface area (Å²) in [6, 6.07) is 8.38. The highest BCUT2D eigenvalue weighted by Gasteiger charge is 2.67. The SMILES string of the molecule is O=C(O)C1(C(=O)Nc2ccccc2)CC1F. The molecule has 0 radical (unpaired) electrons. The number of anilines is 1. The van der Waals surface area contributed by atoms with E-state index in [2.05, 4.69) is 5.32 Å². The number of amides is 1. The van der Waals surface area contributed by atoms with E-state index in [4.69, 9.17) is 5.11 Å². The third kappa shape index (κ3) is 1.54. The summed E-state index contributed by atoms with van der Waals surface area (Å²) in [6.07, 6.45) is -1.84. The molecule has 0 aliphatic heterocycles. The van der Waals surface area contributed by atoms with E-state index in [0.29, 0.717) is 5.69 Å². The number of para-hydroxylation sites is 1. The van der Waals surface area contributed by atoms with Crippen LogP contribution in [-0.2, 0) is 9.59 Å². The summed E-state index contributed by atoms with van der Waals surface area (Å²) in [7, 11) is 0. The van der Waals surface area contributed by atoms with Gasteiger partial charge in [-0.15, -0.1) is 0 Å². The van der Waals surface area contributed by atoms with Crippen LogP contribution >= 0.6 is 0 Å². The van der Waals surface area contributed by atoms with Gasteiger partial charge in [0.15, 0.2) is 5.41 Å². The minimum absolute atomic E-state index is 0.249. The topological polar surface area (TPSA) is 66.4 Å². The van der Waals surface area contributed by atoms with Crippen LogP contribution in [0.4, 0.5) is 10.1 Å². The molecule has 0 heterocycles. The van der Waals surface area contributed by atoms with Gasteiger partial charge in [-0.1, -0.05) is 18.2 Å². The van der Waals surface area contributed by atoms with Gasteiger partial charge in [-0.2, -0.15) is 0 Å². The summed E-state index contributed by atoms with van der Waals surface area (Å²) in [6.45, 7) is 0. The van der Waals surface area contributed by atoms with E-state index in [1.165, 1.54) is 0 Å². The molecule has 2 rings (SSSR count). The van der Waals surface area contributed by atoms with E-state index in [-0.39, 0.29) is 6.42 Å². The largest absolute Gasteiger partial charge is 0.480 e. The quantitative estimate of drug-likeness (QED) is 0.762. The fourth-order valence-corrected chi connectivity index (χ4v) is 1.54. The molecule has 0 aromatic heterocycles. The van der Waals surface area contributed by atoms with Crippen LogP contribution in [0.3, 0.4) is 0 Å². The summed E-state index contributed by atoms with van der Waals surface area (Å²) in [5.74, 6) is -2.20. The van der Waals surface area contributed by atoms with Crippen LogP contribution < -0.4 is 5.32 Å². The van der Waals surface area contributed by atoms with Crippen molar-refractivity contribution in [2.75, 3.05) is 5.32 Å². The molecule has 1 amide bonds. The maximum Gasteiger partial charge on any atom is 0.322 e. The van der Waals surface area contributed by atoms with Crippen molar-refractivity contribution in [3.8, 4) is 0 Å². The molecular weight excluding hydrogens is 213 g/mol. The predicted molar refractivity (Wildman–Crippen MR) is 54.7 cm³/mol. The molecule has 5 heteroatoms. The average molecular weight is 223 g/mol. The summed E-state index contributed by atoms with van der Waals surface area (Å²) in [5, 5.41) is 11.2. The summed E-state index contributed by atoms with van der Waals surface area (Å²) in [5.41, 5.74) is -1.41.